The monoisotopic (exact) mass is 550 g/mol. The predicted molar refractivity (Wildman–Crippen MR) is 122 cm³/mol. The Morgan fingerprint density at radius 2 is 1.96 bits per heavy atom. The van der Waals surface area contributed by atoms with Crippen molar-refractivity contribution < 1.29 is 9.53 Å². The summed E-state index contributed by atoms with van der Waals surface area (Å²) >= 11 is 5.63. The summed E-state index contributed by atoms with van der Waals surface area (Å²) in [6.45, 7) is 0.478. The molecule has 2 aromatic rings. The molecule has 0 unspecified atom stereocenters. The van der Waals surface area contributed by atoms with E-state index in [1.165, 1.54) is 0 Å². The van der Waals surface area contributed by atoms with E-state index in [9.17, 15) is 10.1 Å². The zero-order valence-electron chi connectivity index (χ0n) is 15.3. The molecule has 0 saturated heterocycles. The van der Waals surface area contributed by atoms with E-state index in [1.54, 1.807) is 6.08 Å². The van der Waals surface area contributed by atoms with Crippen LogP contribution in [0.3, 0.4) is 0 Å². The van der Waals surface area contributed by atoms with Gasteiger partial charge in [-0.15, -0.1) is 0 Å². The molecule has 144 valence electrons. The van der Waals surface area contributed by atoms with Crippen molar-refractivity contribution in [2.24, 2.45) is 0 Å². The van der Waals surface area contributed by atoms with Gasteiger partial charge in [0.2, 0.25) is 0 Å². The molecule has 1 aliphatic carbocycles. The first kappa shape index (κ1) is 20.9. The van der Waals surface area contributed by atoms with Gasteiger partial charge in [-0.2, -0.15) is 5.26 Å². The molecule has 0 spiro atoms. The number of hydrogen-bond donors (Lipinski definition) is 1. The van der Waals surface area contributed by atoms with Crippen molar-refractivity contribution in [2.75, 3.05) is 0 Å². The minimum atomic E-state index is -0.292. The molecule has 0 aliphatic heterocycles. The number of nitrogens with zero attached hydrogens (tertiary/aromatic N) is 1. The molecule has 0 bridgehead atoms. The zero-order valence-corrected chi connectivity index (χ0v) is 19.0. The number of carbonyl (C=O) groups excluding carboxylic acids is 1. The molecule has 6 heteroatoms. The quantitative estimate of drug-likeness (QED) is 0.289. The molecule has 1 amide bonds. The Labute approximate surface area is 187 Å². The number of halogens is 2. The van der Waals surface area contributed by atoms with Gasteiger partial charge in [0.1, 0.15) is 24.0 Å². The van der Waals surface area contributed by atoms with Crippen LogP contribution in [-0.4, -0.2) is 11.9 Å². The van der Waals surface area contributed by atoms with Crippen LogP contribution in [0.25, 0.3) is 6.08 Å². The third kappa shape index (κ3) is 5.82. The summed E-state index contributed by atoms with van der Waals surface area (Å²) in [5, 5.41) is 12.3. The summed E-state index contributed by atoms with van der Waals surface area (Å²) in [5.41, 5.74) is 2.02. The highest BCUT2D eigenvalue weighted by molar-refractivity contribution is 14.1. The lowest BCUT2D eigenvalue weighted by Crippen LogP contribution is -2.33. The Bertz CT molecular complexity index is 913. The van der Waals surface area contributed by atoms with Crippen LogP contribution >= 0.6 is 38.5 Å². The van der Waals surface area contributed by atoms with Crippen LogP contribution in [0.2, 0.25) is 0 Å². The third-order valence-corrected chi connectivity index (χ3v) is 6.00. The molecule has 0 aromatic heterocycles. The fourth-order valence-electron chi connectivity index (χ4n) is 3.11. The molecule has 1 aliphatic rings. The van der Waals surface area contributed by atoms with E-state index in [2.05, 4.69) is 43.8 Å². The van der Waals surface area contributed by atoms with E-state index in [1.807, 2.05) is 48.5 Å². The first-order valence-corrected chi connectivity index (χ1v) is 11.0. The first-order valence-electron chi connectivity index (χ1n) is 9.14. The second kappa shape index (κ2) is 10.1. The lowest BCUT2D eigenvalue weighted by atomic mass is 10.1. The number of nitrogens with one attached hydrogen (secondary N) is 1. The fraction of sp³-hybridized carbons (Fsp3) is 0.273. The number of nitriles is 1. The van der Waals surface area contributed by atoms with Gasteiger partial charge in [-0.25, -0.2) is 0 Å². The van der Waals surface area contributed by atoms with Gasteiger partial charge < -0.3 is 10.1 Å². The third-order valence-electron chi connectivity index (χ3n) is 4.63. The Morgan fingerprint density at radius 3 is 2.61 bits per heavy atom. The predicted octanol–water partition coefficient (Wildman–Crippen LogP) is 5.60. The van der Waals surface area contributed by atoms with Crippen LogP contribution in [-0.2, 0) is 11.4 Å². The minimum absolute atomic E-state index is 0.131. The van der Waals surface area contributed by atoms with Crippen molar-refractivity contribution in [1.82, 2.24) is 5.32 Å². The molecule has 0 heterocycles. The van der Waals surface area contributed by atoms with Gasteiger partial charge in [0.15, 0.2) is 0 Å². The smallest absolute Gasteiger partial charge is 0.262 e. The van der Waals surface area contributed by atoms with Gasteiger partial charge in [0.05, 0.1) is 3.57 Å². The molecule has 28 heavy (non-hydrogen) atoms. The van der Waals surface area contributed by atoms with Crippen LogP contribution in [0.1, 0.15) is 36.8 Å². The summed E-state index contributed by atoms with van der Waals surface area (Å²) in [6.07, 6.45) is 5.89. The van der Waals surface area contributed by atoms with Gasteiger partial charge in [-0.05, 0) is 76.9 Å². The van der Waals surface area contributed by atoms with Gasteiger partial charge in [0.25, 0.3) is 5.91 Å². The maximum absolute atomic E-state index is 12.3. The number of rotatable bonds is 6. The highest BCUT2D eigenvalue weighted by Crippen LogP contribution is 2.25. The van der Waals surface area contributed by atoms with Crippen LogP contribution in [0.5, 0.6) is 5.75 Å². The van der Waals surface area contributed by atoms with Gasteiger partial charge in [0, 0.05) is 10.5 Å². The van der Waals surface area contributed by atoms with Crippen molar-refractivity contribution in [1.29, 1.82) is 5.26 Å². The van der Waals surface area contributed by atoms with Crippen LogP contribution in [0.4, 0.5) is 0 Å². The minimum Gasteiger partial charge on any atom is -0.488 e. The molecule has 4 nitrogen and oxygen atoms in total. The molecule has 0 atom stereocenters. The van der Waals surface area contributed by atoms with Gasteiger partial charge in [-0.3, -0.25) is 4.79 Å². The molecule has 0 radical (unpaired) electrons. The summed E-state index contributed by atoms with van der Waals surface area (Å²) in [4.78, 5) is 12.3. The molecule has 1 N–H and O–H groups in total. The normalized spacial score (nSPS) is 14.5. The Kier molecular flexibility index (Phi) is 7.51. The lowest BCUT2D eigenvalue weighted by molar-refractivity contribution is -0.117. The summed E-state index contributed by atoms with van der Waals surface area (Å²) in [6, 6.07) is 15.8. The molecule has 3 rings (SSSR count). The number of hydrogen-bond acceptors (Lipinski definition) is 3. The van der Waals surface area contributed by atoms with E-state index in [4.69, 9.17) is 4.74 Å². The van der Waals surface area contributed by atoms with E-state index >= 15 is 0 Å². The second-order valence-electron chi connectivity index (χ2n) is 6.73. The second-order valence-corrected chi connectivity index (χ2v) is 8.81. The standard InChI is InChI=1S/C22H20BrIN2O2/c23-18-8-5-15(6-9-18)14-28-21-10-7-16(12-20(21)24)11-17(13-25)22(27)26-19-3-1-2-4-19/h5-12,19H,1-4,14H2,(H,26,27)/b17-11-. The summed E-state index contributed by atoms with van der Waals surface area (Å²) in [7, 11) is 0. The lowest BCUT2D eigenvalue weighted by Gasteiger charge is -2.11. The maximum Gasteiger partial charge on any atom is 0.262 e. The first-order chi connectivity index (χ1) is 13.5. The highest BCUT2D eigenvalue weighted by atomic mass is 127. The van der Waals surface area contributed by atoms with Crippen molar-refractivity contribution in [3.05, 3.63) is 67.2 Å². The Morgan fingerprint density at radius 1 is 1.25 bits per heavy atom. The van der Waals surface area contributed by atoms with Crippen LogP contribution < -0.4 is 10.1 Å². The maximum atomic E-state index is 12.3. The SMILES string of the molecule is N#C/C(=C/c1ccc(OCc2ccc(Br)cc2)c(I)c1)C(=O)NC1CCCC1. The van der Waals surface area contributed by atoms with Crippen molar-refractivity contribution in [3.63, 3.8) is 0 Å². The average Bonchev–Trinajstić information content (AvgIpc) is 3.19. The zero-order chi connectivity index (χ0) is 19.9. The topological polar surface area (TPSA) is 62.1 Å². The van der Waals surface area contributed by atoms with E-state index < -0.39 is 0 Å². The van der Waals surface area contributed by atoms with E-state index in [0.29, 0.717) is 6.61 Å². The van der Waals surface area contributed by atoms with Crippen LogP contribution in [0.15, 0.2) is 52.5 Å². The van der Waals surface area contributed by atoms with Crippen molar-refractivity contribution in [2.45, 2.75) is 38.3 Å². The summed E-state index contributed by atoms with van der Waals surface area (Å²) in [5.74, 6) is 0.481. The number of benzene rings is 2. The fourth-order valence-corrected chi connectivity index (χ4v) is 4.07. The molecule has 1 saturated carbocycles. The number of carbonyl (C=O) groups is 1. The molecular formula is C22H20BrIN2O2. The Hall–Kier alpha value is -1.85. The van der Waals surface area contributed by atoms with Gasteiger partial charge >= 0.3 is 0 Å². The molecule has 2 aromatic carbocycles. The van der Waals surface area contributed by atoms with Crippen molar-refractivity contribution >= 4 is 50.5 Å². The van der Waals surface area contributed by atoms with E-state index in [0.717, 1.165) is 50.6 Å². The molecular weight excluding hydrogens is 531 g/mol. The number of ether oxygens (including phenoxy) is 1. The van der Waals surface area contributed by atoms with Gasteiger partial charge in [-0.1, -0.05) is 47.0 Å². The number of amides is 1. The highest BCUT2D eigenvalue weighted by Gasteiger charge is 2.19. The van der Waals surface area contributed by atoms with E-state index in [-0.39, 0.29) is 17.5 Å². The molecule has 1 fully saturated rings. The Balaban J connectivity index is 1.66. The van der Waals surface area contributed by atoms with Crippen LogP contribution in [0, 0.1) is 14.9 Å². The van der Waals surface area contributed by atoms with Crippen molar-refractivity contribution in [3.8, 4) is 11.8 Å². The largest absolute Gasteiger partial charge is 0.488 e. The average molecular weight is 551 g/mol. The summed E-state index contributed by atoms with van der Waals surface area (Å²) < 4.78 is 7.86.